The molecule has 0 radical (unpaired) electrons. The van der Waals surface area contributed by atoms with E-state index >= 15 is 0 Å². The fourth-order valence-corrected chi connectivity index (χ4v) is 3.97. The fourth-order valence-electron chi connectivity index (χ4n) is 3.97. The van der Waals surface area contributed by atoms with Crippen molar-refractivity contribution >= 4 is 5.96 Å². The summed E-state index contributed by atoms with van der Waals surface area (Å²) >= 11 is 0. The van der Waals surface area contributed by atoms with Crippen molar-refractivity contribution in [3.05, 3.63) is 0 Å². The summed E-state index contributed by atoms with van der Waals surface area (Å²) < 4.78 is 6.07. The van der Waals surface area contributed by atoms with Gasteiger partial charge in [0, 0.05) is 39.2 Å². The Morgan fingerprint density at radius 3 is 2.54 bits per heavy atom. The summed E-state index contributed by atoms with van der Waals surface area (Å²) in [6.45, 7) is 13.2. The smallest absolute Gasteiger partial charge is 0.191 e. The predicted molar refractivity (Wildman–Crippen MR) is 102 cm³/mol. The Balaban J connectivity index is 1.71. The first-order valence-electron chi connectivity index (χ1n) is 9.79. The molecule has 2 fully saturated rings. The zero-order valence-electron chi connectivity index (χ0n) is 16.2. The van der Waals surface area contributed by atoms with Crippen LogP contribution in [-0.4, -0.2) is 63.3 Å². The highest BCUT2D eigenvalue weighted by molar-refractivity contribution is 5.79. The molecule has 5 nitrogen and oxygen atoms in total. The van der Waals surface area contributed by atoms with E-state index < -0.39 is 0 Å². The number of guanidine groups is 1. The Labute approximate surface area is 148 Å². The van der Waals surface area contributed by atoms with Crippen LogP contribution in [0.2, 0.25) is 0 Å². The molecule has 2 aliphatic heterocycles. The molecule has 2 aliphatic rings. The van der Waals surface area contributed by atoms with Crippen LogP contribution in [0.5, 0.6) is 0 Å². The van der Waals surface area contributed by atoms with Crippen molar-refractivity contribution in [1.82, 2.24) is 15.5 Å². The molecule has 2 rings (SSSR count). The summed E-state index contributed by atoms with van der Waals surface area (Å²) in [4.78, 5) is 6.93. The van der Waals surface area contributed by atoms with Gasteiger partial charge in [0.25, 0.3) is 0 Å². The van der Waals surface area contributed by atoms with Gasteiger partial charge in [0.05, 0.1) is 6.10 Å². The second kappa shape index (κ2) is 9.62. The summed E-state index contributed by atoms with van der Waals surface area (Å²) in [6, 6.07) is 0. The standard InChI is InChI=1S/C19H38N4O/c1-19(2,3)17-16(9-8-14-24-17)15-22-18(20-4)21-10-13-23-11-6-5-7-12-23/h16-17H,5-15H2,1-4H3,(H2,20,21,22). The number of nitrogens with zero attached hydrogens (tertiary/aromatic N) is 2. The maximum Gasteiger partial charge on any atom is 0.191 e. The molecule has 0 aromatic rings. The Morgan fingerprint density at radius 1 is 1.12 bits per heavy atom. The van der Waals surface area contributed by atoms with Gasteiger partial charge in [-0.3, -0.25) is 4.99 Å². The van der Waals surface area contributed by atoms with E-state index in [1.165, 1.54) is 45.2 Å². The molecule has 2 saturated heterocycles. The van der Waals surface area contributed by atoms with Crippen molar-refractivity contribution < 1.29 is 4.74 Å². The van der Waals surface area contributed by atoms with E-state index in [-0.39, 0.29) is 5.41 Å². The fraction of sp³-hybridized carbons (Fsp3) is 0.947. The number of ether oxygens (including phenoxy) is 1. The van der Waals surface area contributed by atoms with E-state index in [1.54, 1.807) is 0 Å². The monoisotopic (exact) mass is 338 g/mol. The predicted octanol–water partition coefficient (Wildman–Crippen LogP) is 2.48. The van der Waals surface area contributed by atoms with Crippen molar-refractivity contribution in [2.24, 2.45) is 16.3 Å². The largest absolute Gasteiger partial charge is 0.377 e. The second-order valence-electron chi connectivity index (χ2n) is 8.34. The molecule has 24 heavy (non-hydrogen) atoms. The Morgan fingerprint density at radius 2 is 1.88 bits per heavy atom. The quantitative estimate of drug-likeness (QED) is 0.597. The number of hydrogen-bond acceptors (Lipinski definition) is 3. The van der Waals surface area contributed by atoms with E-state index in [0.717, 1.165) is 32.2 Å². The average molecular weight is 339 g/mol. The zero-order valence-corrected chi connectivity index (χ0v) is 16.2. The number of piperidine rings is 1. The number of rotatable bonds is 5. The summed E-state index contributed by atoms with van der Waals surface area (Å²) in [7, 11) is 1.86. The highest BCUT2D eigenvalue weighted by Gasteiger charge is 2.35. The number of aliphatic imine (C=N–C) groups is 1. The van der Waals surface area contributed by atoms with Gasteiger partial charge in [-0.25, -0.2) is 0 Å². The van der Waals surface area contributed by atoms with Crippen LogP contribution in [0.3, 0.4) is 0 Å². The molecule has 0 saturated carbocycles. The maximum absolute atomic E-state index is 6.07. The topological polar surface area (TPSA) is 48.9 Å². The van der Waals surface area contributed by atoms with Crippen LogP contribution in [0.1, 0.15) is 52.9 Å². The summed E-state index contributed by atoms with van der Waals surface area (Å²) in [6.07, 6.45) is 6.82. The molecule has 0 amide bonds. The van der Waals surface area contributed by atoms with Gasteiger partial charge in [0.15, 0.2) is 5.96 Å². The zero-order chi connectivity index (χ0) is 17.4. The summed E-state index contributed by atoms with van der Waals surface area (Å²) in [5.41, 5.74) is 0.192. The van der Waals surface area contributed by atoms with Gasteiger partial charge < -0.3 is 20.3 Å². The van der Waals surface area contributed by atoms with Gasteiger partial charge in [0.1, 0.15) is 0 Å². The van der Waals surface area contributed by atoms with Crippen molar-refractivity contribution in [2.75, 3.05) is 46.4 Å². The van der Waals surface area contributed by atoms with Gasteiger partial charge in [-0.05, 0) is 44.2 Å². The summed E-state index contributed by atoms with van der Waals surface area (Å²) in [5.74, 6) is 1.48. The van der Waals surface area contributed by atoms with Crippen LogP contribution in [-0.2, 0) is 4.74 Å². The van der Waals surface area contributed by atoms with E-state index in [9.17, 15) is 0 Å². The summed E-state index contributed by atoms with van der Waals surface area (Å²) in [5, 5.41) is 6.99. The molecular formula is C19H38N4O. The minimum Gasteiger partial charge on any atom is -0.377 e. The lowest BCUT2D eigenvalue weighted by Gasteiger charge is -2.40. The van der Waals surface area contributed by atoms with Crippen LogP contribution in [0.25, 0.3) is 0 Å². The highest BCUT2D eigenvalue weighted by Crippen LogP contribution is 2.33. The van der Waals surface area contributed by atoms with Crippen molar-refractivity contribution in [3.8, 4) is 0 Å². The van der Waals surface area contributed by atoms with Gasteiger partial charge in [-0.15, -0.1) is 0 Å². The maximum atomic E-state index is 6.07. The van der Waals surface area contributed by atoms with Crippen molar-refractivity contribution in [1.29, 1.82) is 0 Å². The lowest BCUT2D eigenvalue weighted by Crippen LogP contribution is -2.48. The van der Waals surface area contributed by atoms with E-state index in [4.69, 9.17) is 4.74 Å². The normalized spacial score (nSPS) is 27.1. The van der Waals surface area contributed by atoms with Gasteiger partial charge in [-0.1, -0.05) is 27.2 Å². The van der Waals surface area contributed by atoms with Crippen molar-refractivity contribution in [2.45, 2.75) is 59.0 Å². The lowest BCUT2D eigenvalue weighted by atomic mass is 9.78. The molecule has 0 spiro atoms. The Kier molecular flexibility index (Phi) is 7.82. The molecule has 2 atom stereocenters. The van der Waals surface area contributed by atoms with Gasteiger partial charge in [-0.2, -0.15) is 0 Å². The molecule has 0 bridgehead atoms. The van der Waals surface area contributed by atoms with Crippen LogP contribution >= 0.6 is 0 Å². The van der Waals surface area contributed by atoms with Crippen LogP contribution < -0.4 is 10.6 Å². The third-order valence-electron chi connectivity index (χ3n) is 5.22. The Bertz CT molecular complexity index is 385. The molecule has 2 N–H and O–H groups in total. The van der Waals surface area contributed by atoms with Crippen LogP contribution in [0.4, 0.5) is 0 Å². The Hall–Kier alpha value is -0.810. The lowest BCUT2D eigenvalue weighted by molar-refractivity contribution is -0.0835. The SMILES string of the molecule is CN=C(NCCN1CCCCC1)NCC1CCCOC1C(C)(C)C. The van der Waals surface area contributed by atoms with Gasteiger partial charge in [0.2, 0.25) is 0 Å². The second-order valence-corrected chi connectivity index (χ2v) is 8.34. The average Bonchev–Trinajstić information content (AvgIpc) is 2.58. The molecule has 0 aliphatic carbocycles. The molecule has 5 heteroatoms. The molecule has 2 unspecified atom stereocenters. The molecule has 0 aromatic carbocycles. The molecular weight excluding hydrogens is 300 g/mol. The molecule has 140 valence electrons. The van der Waals surface area contributed by atoms with E-state index in [2.05, 4.69) is 41.3 Å². The number of likely N-dealkylation sites (tertiary alicyclic amines) is 1. The minimum atomic E-state index is 0.192. The molecule has 0 aromatic heterocycles. The minimum absolute atomic E-state index is 0.192. The van der Waals surface area contributed by atoms with Gasteiger partial charge >= 0.3 is 0 Å². The number of nitrogens with one attached hydrogen (secondary N) is 2. The third kappa shape index (κ3) is 6.25. The first kappa shape index (κ1) is 19.5. The van der Waals surface area contributed by atoms with Crippen LogP contribution in [0.15, 0.2) is 4.99 Å². The van der Waals surface area contributed by atoms with E-state index in [0.29, 0.717) is 12.0 Å². The van der Waals surface area contributed by atoms with Crippen molar-refractivity contribution in [3.63, 3.8) is 0 Å². The molecule has 2 heterocycles. The first-order valence-corrected chi connectivity index (χ1v) is 9.79. The highest BCUT2D eigenvalue weighted by atomic mass is 16.5. The number of hydrogen-bond donors (Lipinski definition) is 2. The first-order chi connectivity index (χ1) is 11.5. The van der Waals surface area contributed by atoms with E-state index in [1.807, 2.05) is 7.05 Å². The third-order valence-corrected chi connectivity index (χ3v) is 5.22. The van der Waals surface area contributed by atoms with Crippen LogP contribution in [0, 0.1) is 11.3 Å².